The van der Waals surface area contributed by atoms with Crippen molar-refractivity contribution in [1.29, 1.82) is 0 Å². The van der Waals surface area contributed by atoms with Crippen LogP contribution in [0, 0.1) is 10.1 Å². The number of halogens is 2. The van der Waals surface area contributed by atoms with Gasteiger partial charge in [-0.1, -0.05) is 11.8 Å². The van der Waals surface area contributed by atoms with Gasteiger partial charge in [0, 0.05) is 5.56 Å². The molecule has 12 heteroatoms. The Balaban J connectivity index is 1.69. The Morgan fingerprint density at radius 3 is 2.63 bits per heavy atom. The van der Waals surface area contributed by atoms with Crippen LogP contribution in [0.1, 0.15) is 5.76 Å². The van der Waals surface area contributed by atoms with Crippen molar-refractivity contribution in [2.75, 3.05) is 5.84 Å². The Kier molecular flexibility index (Phi) is 5.35. The molecule has 2 N–H and O–H groups in total. The number of ether oxygens (including phenoxy) is 1. The molecule has 9 nitrogen and oxygen atoms in total. The number of aromatic nitrogens is 3. The molecule has 0 aliphatic carbocycles. The lowest BCUT2D eigenvalue weighted by Crippen LogP contribution is -2.11. The largest absolute Gasteiger partial charge is 0.435 e. The quantitative estimate of drug-likeness (QED) is 0.279. The minimum Gasteiger partial charge on any atom is -0.435 e. The highest BCUT2D eigenvalue weighted by Crippen LogP contribution is 2.25. The lowest BCUT2D eigenvalue weighted by Gasteiger charge is -2.05. The van der Waals surface area contributed by atoms with Crippen LogP contribution >= 0.6 is 11.8 Å². The first-order valence-electron chi connectivity index (χ1n) is 7.27. The normalized spacial score (nSPS) is 11.4. The summed E-state index contributed by atoms with van der Waals surface area (Å²) in [5, 5.41) is 20.4. The van der Waals surface area contributed by atoms with Crippen LogP contribution in [-0.2, 0) is 0 Å². The van der Waals surface area contributed by atoms with Gasteiger partial charge < -0.3 is 15.0 Å². The van der Waals surface area contributed by atoms with Crippen molar-refractivity contribution in [1.82, 2.24) is 14.9 Å². The van der Waals surface area contributed by atoms with E-state index in [1.807, 2.05) is 0 Å². The average Bonchev–Trinajstić information content (AvgIpc) is 3.23. The fraction of sp³-hybridized carbons (Fsp3) is 0.0667. The van der Waals surface area contributed by atoms with Crippen LogP contribution in [0.25, 0.3) is 17.5 Å². The summed E-state index contributed by atoms with van der Waals surface area (Å²) in [6.45, 7) is -2.90. The highest BCUT2D eigenvalue weighted by atomic mass is 32.2. The van der Waals surface area contributed by atoms with Crippen molar-refractivity contribution in [3.05, 3.63) is 57.7 Å². The van der Waals surface area contributed by atoms with Crippen LogP contribution in [-0.4, -0.2) is 26.4 Å². The van der Waals surface area contributed by atoms with Gasteiger partial charge in [0.05, 0.1) is 6.07 Å². The predicted molar refractivity (Wildman–Crippen MR) is 92.5 cm³/mol. The van der Waals surface area contributed by atoms with Crippen molar-refractivity contribution >= 4 is 23.7 Å². The van der Waals surface area contributed by atoms with Gasteiger partial charge in [-0.15, -0.1) is 10.2 Å². The highest BCUT2D eigenvalue weighted by Gasteiger charge is 2.13. The maximum absolute atomic E-state index is 12.2. The Labute approximate surface area is 154 Å². The number of benzene rings is 1. The number of furan rings is 1. The van der Waals surface area contributed by atoms with Crippen molar-refractivity contribution in [3.63, 3.8) is 0 Å². The fourth-order valence-corrected chi connectivity index (χ4v) is 2.64. The molecule has 2 aromatic heterocycles. The molecule has 2 heterocycles. The van der Waals surface area contributed by atoms with Crippen molar-refractivity contribution in [2.45, 2.75) is 11.8 Å². The van der Waals surface area contributed by atoms with Gasteiger partial charge in [-0.25, -0.2) is 4.68 Å². The van der Waals surface area contributed by atoms with E-state index >= 15 is 0 Å². The van der Waals surface area contributed by atoms with Crippen LogP contribution < -0.4 is 10.6 Å². The lowest BCUT2D eigenvalue weighted by molar-refractivity contribution is -0.402. The minimum absolute atomic E-state index is 0.0157. The van der Waals surface area contributed by atoms with Crippen LogP contribution in [0.4, 0.5) is 14.7 Å². The number of rotatable bonds is 7. The van der Waals surface area contributed by atoms with Gasteiger partial charge >= 0.3 is 12.5 Å². The molecule has 0 aliphatic rings. The van der Waals surface area contributed by atoms with Gasteiger partial charge in [-0.05, 0) is 41.8 Å². The summed E-state index contributed by atoms with van der Waals surface area (Å²) in [7, 11) is 0. The summed E-state index contributed by atoms with van der Waals surface area (Å²) < 4.78 is 34.8. The third-order valence-corrected chi connectivity index (χ3v) is 3.96. The summed E-state index contributed by atoms with van der Waals surface area (Å²) >= 11 is 1.12. The molecule has 0 amide bonds. The first kappa shape index (κ1) is 18.4. The zero-order chi connectivity index (χ0) is 19.4. The van der Waals surface area contributed by atoms with Crippen LogP contribution in [0.15, 0.2) is 51.4 Å². The summed E-state index contributed by atoms with van der Waals surface area (Å²) in [6.07, 6.45) is 1.52. The lowest BCUT2D eigenvalue weighted by atomic mass is 10.2. The molecule has 0 bridgehead atoms. The zero-order valence-electron chi connectivity index (χ0n) is 13.4. The van der Waals surface area contributed by atoms with Gasteiger partial charge in [-0.2, -0.15) is 8.78 Å². The molecular weight excluding hydrogens is 384 g/mol. The molecule has 0 unspecified atom stereocenters. The van der Waals surface area contributed by atoms with Crippen molar-refractivity contribution in [3.8, 4) is 17.1 Å². The topological polar surface area (TPSA) is 122 Å². The van der Waals surface area contributed by atoms with Gasteiger partial charge in [0.15, 0.2) is 5.82 Å². The fourth-order valence-electron chi connectivity index (χ4n) is 2.03. The van der Waals surface area contributed by atoms with E-state index in [0.717, 1.165) is 11.8 Å². The third-order valence-electron chi connectivity index (χ3n) is 3.20. The van der Waals surface area contributed by atoms with E-state index in [9.17, 15) is 18.9 Å². The summed E-state index contributed by atoms with van der Waals surface area (Å²) in [5.41, 5.74) is 0.559. The number of nitrogen functional groups attached to an aromatic ring is 1. The molecule has 27 heavy (non-hydrogen) atoms. The van der Waals surface area contributed by atoms with Gasteiger partial charge in [0.1, 0.15) is 16.4 Å². The zero-order valence-corrected chi connectivity index (χ0v) is 14.2. The van der Waals surface area contributed by atoms with Crippen molar-refractivity contribution in [2.24, 2.45) is 0 Å². The van der Waals surface area contributed by atoms with Gasteiger partial charge in [0.2, 0.25) is 5.16 Å². The average molecular weight is 395 g/mol. The molecule has 1 aromatic carbocycles. The van der Waals surface area contributed by atoms with Crippen LogP contribution in [0.3, 0.4) is 0 Å². The molecule has 0 radical (unpaired) electrons. The number of hydrogen-bond donors (Lipinski definition) is 1. The first-order chi connectivity index (χ1) is 12.9. The predicted octanol–water partition coefficient (Wildman–Crippen LogP) is 3.52. The van der Waals surface area contributed by atoms with E-state index in [0.29, 0.717) is 22.3 Å². The Morgan fingerprint density at radius 1 is 1.26 bits per heavy atom. The van der Waals surface area contributed by atoms with Crippen molar-refractivity contribution < 1.29 is 22.9 Å². The minimum atomic E-state index is -2.90. The summed E-state index contributed by atoms with van der Waals surface area (Å²) in [5.74, 6) is 6.23. The Hall–Kier alpha value is -3.41. The monoisotopic (exact) mass is 395 g/mol. The number of nitrogens with two attached hydrogens (primary N) is 1. The second-order valence-corrected chi connectivity index (χ2v) is 5.81. The van der Waals surface area contributed by atoms with Crippen LogP contribution in [0.5, 0.6) is 5.75 Å². The number of thioether (sulfide) groups is 1. The van der Waals surface area contributed by atoms with Crippen LogP contribution in [0.2, 0.25) is 0 Å². The van der Waals surface area contributed by atoms with Gasteiger partial charge in [-0.3, -0.25) is 10.1 Å². The second-order valence-electron chi connectivity index (χ2n) is 4.93. The number of alkyl halides is 2. The highest BCUT2D eigenvalue weighted by molar-refractivity contribution is 8.02. The second kappa shape index (κ2) is 7.86. The first-order valence-corrected chi connectivity index (χ1v) is 8.15. The molecule has 0 spiro atoms. The molecule has 140 valence electrons. The molecule has 0 fully saturated rings. The summed E-state index contributed by atoms with van der Waals surface area (Å²) in [6, 6.07) is 8.49. The molecular formula is C15H11F2N5O4S. The third kappa shape index (κ3) is 4.41. The maximum atomic E-state index is 12.2. The van der Waals surface area contributed by atoms with Gasteiger partial charge in [0.25, 0.3) is 0 Å². The van der Waals surface area contributed by atoms with E-state index < -0.39 is 11.5 Å². The van der Waals surface area contributed by atoms with E-state index in [-0.39, 0.29) is 11.6 Å². The molecule has 0 saturated carbocycles. The number of hydrogen-bond acceptors (Lipinski definition) is 8. The molecule has 0 saturated heterocycles. The van der Waals surface area contributed by atoms with E-state index in [1.165, 1.54) is 47.2 Å². The number of nitrogens with zero attached hydrogens (tertiary/aromatic N) is 4. The maximum Gasteiger partial charge on any atom is 0.433 e. The standard InChI is InChI=1S/C15H11F2N5O4S/c16-14(17)26-10-3-1-9(2-4-10)13-19-20-15(21(13)18)27-8-7-11-5-6-12(25-11)22(23)24/h1-8,14H,18H2/b8-7+. The Morgan fingerprint density at radius 2 is 2.00 bits per heavy atom. The molecule has 3 rings (SSSR count). The summed E-state index contributed by atoms with van der Waals surface area (Å²) in [4.78, 5) is 9.93. The Bertz CT molecular complexity index is 971. The van der Waals surface area contributed by atoms with E-state index in [2.05, 4.69) is 14.9 Å². The van der Waals surface area contributed by atoms with E-state index in [1.54, 1.807) is 5.41 Å². The molecule has 0 atom stereocenters. The number of nitro groups is 1. The smallest absolute Gasteiger partial charge is 0.433 e. The molecule has 0 aliphatic heterocycles. The van der Waals surface area contributed by atoms with E-state index in [4.69, 9.17) is 10.3 Å². The molecule has 3 aromatic rings. The SMILES string of the molecule is Nn1c(S/C=C/c2ccc([N+](=O)[O-])o2)nnc1-c1ccc(OC(F)F)cc1.